The van der Waals surface area contributed by atoms with E-state index in [1.165, 1.54) is 0 Å². The first-order valence-corrected chi connectivity index (χ1v) is 6.27. The zero-order valence-corrected chi connectivity index (χ0v) is 10.9. The van der Waals surface area contributed by atoms with Crippen LogP contribution in [-0.2, 0) is 12.4 Å². The largest absolute Gasteiger partial charge is 0.431 e. The second kappa shape index (κ2) is 4.65. The average Bonchev–Trinajstić information content (AvgIpc) is 3.02. The fraction of sp³-hybridized carbons (Fsp3) is 0.308. The SMILES string of the molecule is FC(F)(F)c1ccc2[nH]c(C(F)(F)F)c(C3=NCCN3)c2c1. The van der Waals surface area contributed by atoms with Gasteiger partial charge in [-0.05, 0) is 18.2 Å². The van der Waals surface area contributed by atoms with Crippen molar-refractivity contribution in [2.45, 2.75) is 12.4 Å². The molecule has 1 aliphatic heterocycles. The van der Waals surface area contributed by atoms with Crippen molar-refractivity contribution in [2.75, 3.05) is 13.1 Å². The lowest BCUT2D eigenvalue weighted by molar-refractivity contribution is -0.140. The van der Waals surface area contributed by atoms with Crippen LogP contribution < -0.4 is 5.32 Å². The van der Waals surface area contributed by atoms with Gasteiger partial charge in [0, 0.05) is 17.4 Å². The van der Waals surface area contributed by atoms with E-state index in [0.717, 1.165) is 12.1 Å². The third-order valence-electron chi connectivity index (χ3n) is 3.32. The Hall–Kier alpha value is -2.19. The van der Waals surface area contributed by atoms with Crippen molar-refractivity contribution in [1.82, 2.24) is 10.3 Å². The van der Waals surface area contributed by atoms with Crippen LogP contribution in [0.1, 0.15) is 16.8 Å². The maximum Gasteiger partial charge on any atom is 0.431 e. The van der Waals surface area contributed by atoms with Crippen molar-refractivity contribution in [3.8, 4) is 0 Å². The number of aliphatic imine (C=N–C) groups is 1. The maximum absolute atomic E-state index is 13.1. The number of hydrogen-bond acceptors (Lipinski definition) is 2. The maximum atomic E-state index is 13.1. The number of rotatable bonds is 1. The molecule has 9 heteroatoms. The van der Waals surface area contributed by atoms with Crippen molar-refractivity contribution in [1.29, 1.82) is 0 Å². The summed E-state index contributed by atoms with van der Waals surface area (Å²) in [5, 5.41) is 2.51. The first-order chi connectivity index (χ1) is 10.2. The van der Waals surface area contributed by atoms with Crippen molar-refractivity contribution >= 4 is 16.7 Å². The summed E-state index contributed by atoms with van der Waals surface area (Å²) in [7, 11) is 0. The Balaban J connectivity index is 2.30. The van der Waals surface area contributed by atoms with Crippen LogP contribution >= 0.6 is 0 Å². The molecular formula is C13H9F6N3. The van der Waals surface area contributed by atoms with Crippen LogP contribution in [0.3, 0.4) is 0 Å². The van der Waals surface area contributed by atoms with Crippen LogP contribution in [0.25, 0.3) is 10.9 Å². The number of halogens is 6. The normalized spacial score (nSPS) is 16.0. The number of benzene rings is 1. The summed E-state index contributed by atoms with van der Waals surface area (Å²) < 4.78 is 77.8. The van der Waals surface area contributed by atoms with E-state index in [2.05, 4.69) is 15.3 Å². The molecule has 1 aliphatic rings. The minimum absolute atomic E-state index is 0.0216. The minimum Gasteiger partial charge on any atom is -0.368 e. The van der Waals surface area contributed by atoms with E-state index in [-0.39, 0.29) is 28.8 Å². The Morgan fingerprint density at radius 2 is 1.73 bits per heavy atom. The Bertz CT molecular complexity index is 753. The molecule has 0 atom stereocenters. The number of H-pyrrole nitrogens is 1. The molecule has 3 rings (SSSR count). The Labute approximate surface area is 120 Å². The number of alkyl halides is 6. The summed E-state index contributed by atoms with van der Waals surface area (Å²) in [6.07, 6.45) is -9.36. The first-order valence-electron chi connectivity index (χ1n) is 6.27. The van der Waals surface area contributed by atoms with Gasteiger partial charge in [0.1, 0.15) is 11.5 Å². The van der Waals surface area contributed by atoms with E-state index in [0.29, 0.717) is 12.6 Å². The number of hydrogen-bond donors (Lipinski definition) is 2. The second-order valence-electron chi connectivity index (χ2n) is 4.79. The number of nitrogens with zero attached hydrogens (tertiary/aromatic N) is 1. The van der Waals surface area contributed by atoms with Gasteiger partial charge in [0.05, 0.1) is 17.7 Å². The van der Waals surface area contributed by atoms with E-state index < -0.39 is 23.6 Å². The topological polar surface area (TPSA) is 40.2 Å². The lowest BCUT2D eigenvalue weighted by Crippen LogP contribution is -2.23. The highest BCUT2D eigenvalue weighted by Gasteiger charge is 2.39. The van der Waals surface area contributed by atoms with Gasteiger partial charge < -0.3 is 10.3 Å². The van der Waals surface area contributed by atoms with Gasteiger partial charge in [0.15, 0.2) is 0 Å². The predicted octanol–water partition coefficient (Wildman–Crippen LogP) is 3.56. The van der Waals surface area contributed by atoms with Gasteiger partial charge in [0.2, 0.25) is 0 Å². The molecule has 0 unspecified atom stereocenters. The fourth-order valence-corrected chi connectivity index (χ4v) is 2.39. The smallest absolute Gasteiger partial charge is 0.368 e. The first kappa shape index (κ1) is 14.7. The van der Waals surface area contributed by atoms with Crippen molar-refractivity contribution < 1.29 is 26.3 Å². The Morgan fingerprint density at radius 1 is 1.00 bits per heavy atom. The standard InChI is InChI=1S/C13H9F6N3/c14-12(15,16)6-1-2-8-7(5-6)9(11-20-3-4-21-11)10(22-8)13(17,18)19/h1-2,5,22H,3-4H2,(H,20,21). The molecule has 0 bridgehead atoms. The fourth-order valence-electron chi connectivity index (χ4n) is 2.39. The molecule has 1 aromatic carbocycles. The molecule has 0 fully saturated rings. The third-order valence-corrected chi connectivity index (χ3v) is 3.32. The van der Waals surface area contributed by atoms with Crippen molar-refractivity contribution in [3.63, 3.8) is 0 Å². The zero-order valence-electron chi connectivity index (χ0n) is 10.9. The van der Waals surface area contributed by atoms with Crippen LogP contribution in [0, 0.1) is 0 Å². The lowest BCUT2D eigenvalue weighted by Gasteiger charge is -2.09. The molecule has 0 saturated heterocycles. The van der Waals surface area contributed by atoms with Gasteiger partial charge >= 0.3 is 12.4 Å². The third kappa shape index (κ3) is 2.40. The van der Waals surface area contributed by atoms with E-state index in [4.69, 9.17) is 0 Å². The molecular weight excluding hydrogens is 312 g/mol. The van der Waals surface area contributed by atoms with Gasteiger partial charge in [0.25, 0.3) is 0 Å². The number of fused-ring (bicyclic) bond motifs is 1. The molecule has 2 heterocycles. The molecule has 0 aliphatic carbocycles. The lowest BCUT2D eigenvalue weighted by atomic mass is 10.1. The van der Waals surface area contributed by atoms with E-state index in [1.807, 2.05) is 0 Å². The molecule has 2 aromatic rings. The van der Waals surface area contributed by atoms with Crippen LogP contribution in [0.5, 0.6) is 0 Å². The van der Waals surface area contributed by atoms with E-state index >= 15 is 0 Å². The summed E-state index contributed by atoms with van der Waals surface area (Å²) in [5.74, 6) is -0.0436. The quantitative estimate of drug-likeness (QED) is 0.775. The van der Waals surface area contributed by atoms with Crippen LogP contribution in [0.2, 0.25) is 0 Å². The van der Waals surface area contributed by atoms with Crippen LogP contribution in [-0.4, -0.2) is 23.9 Å². The predicted molar refractivity (Wildman–Crippen MR) is 67.7 cm³/mol. The number of nitrogens with one attached hydrogen (secondary N) is 2. The Kier molecular flexibility index (Phi) is 3.12. The van der Waals surface area contributed by atoms with Gasteiger partial charge in [-0.2, -0.15) is 26.3 Å². The summed E-state index contributed by atoms with van der Waals surface area (Å²) in [5.41, 5.74) is -2.50. The van der Waals surface area contributed by atoms with Crippen molar-refractivity contribution in [2.24, 2.45) is 4.99 Å². The van der Waals surface area contributed by atoms with Gasteiger partial charge in [-0.3, -0.25) is 4.99 Å². The number of aromatic amines is 1. The van der Waals surface area contributed by atoms with E-state index in [9.17, 15) is 26.3 Å². The molecule has 0 amide bonds. The summed E-state index contributed by atoms with van der Waals surface area (Å²) in [6.45, 7) is 0.622. The number of aromatic nitrogens is 1. The molecule has 2 N–H and O–H groups in total. The Morgan fingerprint density at radius 3 is 2.27 bits per heavy atom. The van der Waals surface area contributed by atoms with Gasteiger partial charge in [-0.15, -0.1) is 0 Å². The zero-order chi connectivity index (χ0) is 16.1. The molecule has 22 heavy (non-hydrogen) atoms. The van der Waals surface area contributed by atoms with E-state index in [1.54, 1.807) is 0 Å². The summed E-state index contributed by atoms with van der Waals surface area (Å²) >= 11 is 0. The molecule has 118 valence electrons. The molecule has 1 aromatic heterocycles. The molecule has 0 saturated carbocycles. The van der Waals surface area contributed by atoms with Crippen molar-refractivity contribution in [3.05, 3.63) is 35.0 Å². The van der Waals surface area contributed by atoms with Crippen LogP contribution in [0.15, 0.2) is 23.2 Å². The molecule has 3 nitrogen and oxygen atoms in total. The second-order valence-corrected chi connectivity index (χ2v) is 4.79. The van der Waals surface area contributed by atoms with Gasteiger partial charge in [-0.25, -0.2) is 0 Å². The van der Waals surface area contributed by atoms with Crippen LogP contribution in [0.4, 0.5) is 26.3 Å². The monoisotopic (exact) mass is 321 g/mol. The summed E-state index contributed by atoms with van der Waals surface area (Å²) in [6, 6.07) is 2.44. The molecule has 0 spiro atoms. The highest BCUT2D eigenvalue weighted by molar-refractivity contribution is 6.11. The highest BCUT2D eigenvalue weighted by Crippen LogP contribution is 2.38. The molecule has 0 radical (unpaired) electrons. The summed E-state index contributed by atoms with van der Waals surface area (Å²) in [4.78, 5) is 6.05. The van der Waals surface area contributed by atoms with Gasteiger partial charge in [-0.1, -0.05) is 0 Å². The number of amidine groups is 1. The average molecular weight is 321 g/mol. The highest BCUT2D eigenvalue weighted by atomic mass is 19.4. The minimum atomic E-state index is -4.72.